The van der Waals surface area contributed by atoms with Gasteiger partial charge in [0.1, 0.15) is 6.29 Å². The summed E-state index contributed by atoms with van der Waals surface area (Å²) in [5.74, 6) is 0.0306. The third-order valence-corrected chi connectivity index (χ3v) is 3.32. The van der Waals surface area contributed by atoms with Gasteiger partial charge in [-0.1, -0.05) is 38.5 Å². The molecule has 0 aromatic carbocycles. The van der Waals surface area contributed by atoms with E-state index in [2.05, 4.69) is 26.8 Å². The summed E-state index contributed by atoms with van der Waals surface area (Å²) in [5.41, 5.74) is 3.20. The number of hydrogen-bond acceptors (Lipinski definition) is 1. The van der Waals surface area contributed by atoms with Crippen LogP contribution in [0.25, 0.3) is 0 Å². The standard InChI is InChI=1S/C14H22O/c1-11(10-15)7-8-13-12(2)6-5-9-14(13,3)4/h7-8,10-11H,5-6,9H2,1-4H3/b8-7+/i8+2. The SMILES string of the molecule is CC1=C(/[14CH]=C/C(C)C=O)C(C)(C)CCC1. The Morgan fingerprint density at radius 3 is 2.67 bits per heavy atom. The average molecular weight is 208 g/mol. The maximum Gasteiger partial charge on any atom is 0.126 e. The first-order valence-corrected chi connectivity index (χ1v) is 5.81. The van der Waals surface area contributed by atoms with Gasteiger partial charge in [0.25, 0.3) is 0 Å². The van der Waals surface area contributed by atoms with Crippen LogP contribution >= 0.6 is 0 Å². The molecule has 0 N–H and O–H groups in total. The normalized spacial score (nSPS) is 23.2. The molecule has 0 bridgehead atoms. The Hall–Kier alpha value is -0.850. The van der Waals surface area contributed by atoms with E-state index >= 15 is 0 Å². The quantitative estimate of drug-likeness (QED) is 0.643. The first-order chi connectivity index (χ1) is 6.97. The molecule has 1 aliphatic rings. The molecular formula is C14H22O. The third kappa shape index (κ3) is 3.05. The fourth-order valence-corrected chi connectivity index (χ4v) is 2.30. The molecule has 0 radical (unpaired) electrons. The predicted molar refractivity (Wildman–Crippen MR) is 64.7 cm³/mol. The van der Waals surface area contributed by atoms with Crippen molar-refractivity contribution >= 4 is 6.29 Å². The van der Waals surface area contributed by atoms with Gasteiger partial charge in [0, 0.05) is 5.92 Å². The van der Waals surface area contributed by atoms with Crippen LogP contribution in [0.4, 0.5) is 0 Å². The van der Waals surface area contributed by atoms with E-state index < -0.39 is 0 Å². The molecule has 0 aromatic rings. The lowest BCUT2D eigenvalue weighted by Crippen LogP contribution is -2.19. The van der Waals surface area contributed by atoms with Crippen molar-refractivity contribution in [1.29, 1.82) is 0 Å². The maximum atomic E-state index is 10.6. The van der Waals surface area contributed by atoms with E-state index in [0.717, 1.165) is 6.29 Å². The minimum Gasteiger partial charge on any atom is -0.303 e. The van der Waals surface area contributed by atoms with Crippen LogP contribution in [0, 0.1) is 11.3 Å². The Bertz CT molecular complexity index is 294. The summed E-state index contributed by atoms with van der Waals surface area (Å²) >= 11 is 0. The lowest BCUT2D eigenvalue weighted by molar-refractivity contribution is -0.109. The molecule has 0 heterocycles. The zero-order chi connectivity index (χ0) is 11.5. The van der Waals surface area contributed by atoms with E-state index in [1.807, 2.05) is 13.0 Å². The Balaban J connectivity index is 2.89. The second kappa shape index (κ2) is 4.78. The van der Waals surface area contributed by atoms with Gasteiger partial charge in [-0.05, 0) is 37.2 Å². The van der Waals surface area contributed by atoms with Crippen LogP contribution in [0.15, 0.2) is 23.3 Å². The number of carbonyl (C=O) groups excluding carboxylic acids is 1. The van der Waals surface area contributed by atoms with Gasteiger partial charge in [-0.15, -0.1) is 0 Å². The van der Waals surface area contributed by atoms with Gasteiger partial charge >= 0.3 is 0 Å². The third-order valence-electron chi connectivity index (χ3n) is 3.32. The van der Waals surface area contributed by atoms with Crippen LogP contribution in [0.5, 0.6) is 0 Å². The predicted octanol–water partition coefficient (Wildman–Crippen LogP) is 3.90. The van der Waals surface area contributed by atoms with Crippen molar-refractivity contribution in [2.75, 3.05) is 0 Å². The summed E-state index contributed by atoms with van der Waals surface area (Å²) in [6.45, 7) is 8.73. The van der Waals surface area contributed by atoms with Crippen molar-refractivity contribution in [2.45, 2.75) is 47.0 Å². The van der Waals surface area contributed by atoms with E-state index in [4.69, 9.17) is 0 Å². The minimum absolute atomic E-state index is 0.0306. The van der Waals surface area contributed by atoms with Crippen LogP contribution in [-0.2, 0) is 4.79 Å². The van der Waals surface area contributed by atoms with E-state index in [1.165, 1.54) is 30.4 Å². The highest BCUT2D eigenvalue weighted by Gasteiger charge is 2.26. The monoisotopic (exact) mass is 208 g/mol. The second-order valence-electron chi connectivity index (χ2n) is 5.29. The van der Waals surface area contributed by atoms with Gasteiger partial charge in [0.15, 0.2) is 0 Å². The van der Waals surface area contributed by atoms with Crippen molar-refractivity contribution in [2.24, 2.45) is 11.3 Å². The van der Waals surface area contributed by atoms with Gasteiger partial charge in [0.05, 0.1) is 0 Å². The maximum absolute atomic E-state index is 10.6. The first-order valence-electron chi connectivity index (χ1n) is 5.81. The lowest BCUT2D eigenvalue weighted by atomic mass is 9.77. The van der Waals surface area contributed by atoms with E-state index in [0.29, 0.717) is 0 Å². The van der Waals surface area contributed by atoms with Crippen LogP contribution in [0.2, 0.25) is 0 Å². The molecular weight excluding hydrogens is 186 g/mol. The van der Waals surface area contributed by atoms with Crippen LogP contribution < -0.4 is 0 Å². The summed E-state index contributed by atoms with van der Waals surface area (Å²) in [7, 11) is 0. The molecule has 1 aliphatic carbocycles. The molecule has 1 rings (SSSR count). The smallest absolute Gasteiger partial charge is 0.126 e. The minimum atomic E-state index is 0.0306. The van der Waals surface area contributed by atoms with Gasteiger partial charge in [-0.25, -0.2) is 0 Å². The second-order valence-corrected chi connectivity index (χ2v) is 5.29. The van der Waals surface area contributed by atoms with E-state index in [9.17, 15) is 4.79 Å². The summed E-state index contributed by atoms with van der Waals surface area (Å²) < 4.78 is 0. The Labute approximate surface area is 93.3 Å². The van der Waals surface area contributed by atoms with Gasteiger partial charge in [-0.2, -0.15) is 0 Å². The molecule has 0 saturated carbocycles. The molecule has 15 heavy (non-hydrogen) atoms. The molecule has 0 saturated heterocycles. The zero-order valence-electron chi connectivity index (χ0n) is 10.3. The topological polar surface area (TPSA) is 17.1 Å². The van der Waals surface area contributed by atoms with Crippen LogP contribution in [-0.4, -0.2) is 6.29 Å². The highest BCUT2D eigenvalue weighted by molar-refractivity contribution is 5.56. The molecule has 1 heteroatoms. The molecule has 0 spiro atoms. The summed E-state index contributed by atoms with van der Waals surface area (Å²) in [6, 6.07) is 0. The van der Waals surface area contributed by atoms with Gasteiger partial charge < -0.3 is 4.79 Å². The average Bonchev–Trinajstić information content (AvgIpc) is 2.15. The number of hydrogen-bond donors (Lipinski definition) is 0. The molecule has 0 amide bonds. The first kappa shape index (κ1) is 12.2. The van der Waals surface area contributed by atoms with Gasteiger partial charge in [0.2, 0.25) is 0 Å². The molecule has 1 atom stereocenters. The zero-order valence-corrected chi connectivity index (χ0v) is 10.3. The highest BCUT2D eigenvalue weighted by Crippen LogP contribution is 2.40. The summed E-state index contributed by atoms with van der Waals surface area (Å²) in [5, 5.41) is 0. The van der Waals surface area contributed by atoms with Crippen LogP contribution in [0.1, 0.15) is 47.0 Å². The number of rotatable bonds is 3. The lowest BCUT2D eigenvalue weighted by Gasteiger charge is -2.33. The van der Waals surface area contributed by atoms with E-state index in [-0.39, 0.29) is 11.3 Å². The molecule has 1 unspecified atom stereocenters. The fourth-order valence-electron chi connectivity index (χ4n) is 2.30. The van der Waals surface area contributed by atoms with Crippen molar-refractivity contribution in [1.82, 2.24) is 0 Å². The fraction of sp³-hybridized carbons (Fsp3) is 0.643. The largest absolute Gasteiger partial charge is 0.303 e. The highest BCUT2D eigenvalue weighted by atomic mass is 16.1. The Kier molecular flexibility index (Phi) is 3.90. The molecule has 0 aromatic heterocycles. The summed E-state index contributed by atoms with van der Waals surface area (Å²) in [6.07, 6.45) is 8.91. The van der Waals surface area contributed by atoms with Crippen molar-refractivity contribution in [3.05, 3.63) is 23.3 Å². The van der Waals surface area contributed by atoms with Crippen molar-refractivity contribution < 1.29 is 4.79 Å². The summed E-state index contributed by atoms with van der Waals surface area (Å²) in [4.78, 5) is 10.6. The Morgan fingerprint density at radius 2 is 2.13 bits per heavy atom. The van der Waals surface area contributed by atoms with Crippen LogP contribution in [0.3, 0.4) is 0 Å². The molecule has 84 valence electrons. The van der Waals surface area contributed by atoms with E-state index in [1.54, 1.807) is 0 Å². The Morgan fingerprint density at radius 1 is 1.47 bits per heavy atom. The number of allylic oxidation sites excluding steroid dienone is 4. The molecule has 1 nitrogen and oxygen atoms in total. The van der Waals surface area contributed by atoms with Crippen molar-refractivity contribution in [3.63, 3.8) is 0 Å². The van der Waals surface area contributed by atoms with Crippen molar-refractivity contribution in [3.8, 4) is 0 Å². The number of aldehydes is 1. The van der Waals surface area contributed by atoms with Gasteiger partial charge in [-0.3, -0.25) is 0 Å². The molecule has 0 fully saturated rings. The number of carbonyl (C=O) groups is 1. The molecule has 0 aliphatic heterocycles.